The summed E-state index contributed by atoms with van der Waals surface area (Å²) in [5.74, 6) is 0.0550. The first-order valence-electron chi connectivity index (χ1n) is 11.5. The van der Waals surface area contributed by atoms with E-state index >= 15 is 0 Å². The number of methoxy groups -OCH3 is 1. The Bertz CT molecular complexity index is 1240. The van der Waals surface area contributed by atoms with E-state index < -0.39 is 5.97 Å². The third-order valence-electron chi connectivity index (χ3n) is 5.86. The number of pyridine rings is 1. The Morgan fingerprint density at radius 1 is 1.15 bits per heavy atom. The second-order valence-corrected chi connectivity index (χ2v) is 8.57. The lowest BCUT2D eigenvalue weighted by Gasteiger charge is -2.36. The Morgan fingerprint density at radius 3 is 2.50 bits per heavy atom. The molecule has 0 bridgehead atoms. The summed E-state index contributed by atoms with van der Waals surface area (Å²) in [5.41, 5.74) is 2.24. The molecule has 34 heavy (non-hydrogen) atoms. The van der Waals surface area contributed by atoms with Gasteiger partial charge < -0.3 is 14.4 Å². The van der Waals surface area contributed by atoms with E-state index in [1.54, 1.807) is 37.9 Å². The van der Waals surface area contributed by atoms with Crippen LogP contribution in [0.1, 0.15) is 42.9 Å². The monoisotopic (exact) mass is 469 g/mol. The number of hydrogen-bond donors (Lipinski definition) is 0. The number of aryl methyl sites for hydroxylation is 1. The van der Waals surface area contributed by atoms with Gasteiger partial charge in [0.25, 0.3) is 5.56 Å². The number of ether oxygens (including phenoxy) is 2. The molecule has 1 aliphatic heterocycles. The van der Waals surface area contributed by atoms with E-state index in [2.05, 4.69) is 33.7 Å². The number of esters is 1. The SMILES string of the molecule is CCOC(=O)c1cc(N2CCN(COC)CC2)c2c(C(C)C)nn(-c3ccc(=O)n(C)n3)c2n1. The van der Waals surface area contributed by atoms with Crippen LogP contribution in [0.3, 0.4) is 0 Å². The molecule has 0 N–H and O–H groups in total. The van der Waals surface area contributed by atoms with Crippen LogP contribution in [0.25, 0.3) is 16.9 Å². The topological polar surface area (TPSA) is 108 Å². The number of rotatable bonds is 7. The lowest BCUT2D eigenvalue weighted by Crippen LogP contribution is -2.47. The van der Waals surface area contributed by atoms with Gasteiger partial charge in [-0.2, -0.15) is 9.78 Å². The maximum absolute atomic E-state index is 12.7. The van der Waals surface area contributed by atoms with Crippen LogP contribution in [-0.2, 0) is 16.5 Å². The van der Waals surface area contributed by atoms with E-state index in [1.807, 2.05) is 0 Å². The molecule has 1 saturated heterocycles. The van der Waals surface area contributed by atoms with Crippen LogP contribution >= 0.6 is 0 Å². The molecular weight excluding hydrogens is 438 g/mol. The Hall–Kier alpha value is -3.31. The van der Waals surface area contributed by atoms with Crippen molar-refractivity contribution in [2.24, 2.45) is 7.05 Å². The Labute approximate surface area is 197 Å². The molecule has 11 nitrogen and oxygen atoms in total. The zero-order valence-electron chi connectivity index (χ0n) is 20.3. The Kier molecular flexibility index (Phi) is 6.94. The molecule has 0 aliphatic carbocycles. The number of carbonyl (C=O) groups excluding carboxylic acids is 1. The van der Waals surface area contributed by atoms with Gasteiger partial charge in [-0.3, -0.25) is 9.69 Å². The molecule has 1 fully saturated rings. The van der Waals surface area contributed by atoms with Crippen molar-refractivity contribution in [2.45, 2.75) is 26.7 Å². The normalized spacial score (nSPS) is 14.8. The van der Waals surface area contributed by atoms with E-state index in [1.165, 1.54) is 10.7 Å². The van der Waals surface area contributed by atoms with Gasteiger partial charge in [0.1, 0.15) is 0 Å². The summed E-state index contributed by atoms with van der Waals surface area (Å²) in [6.07, 6.45) is 0. The number of hydrogen-bond acceptors (Lipinski definition) is 9. The maximum atomic E-state index is 12.7. The summed E-state index contributed by atoms with van der Waals surface area (Å²) in [7, 11) is 3.28. The fourth-order valence-corrected chi connectivity index (χ4v) is 4.15. The van der Waals surface area contributed by atoms with Crippen molar-refractivity contribution >= 4 is 22.7 Å². The van der Waals surface area contributed by atoms with Crippen LogP contribution < -0.4 is 10.5 Å². The number of nitrogens with zero attached hydrogens (tertiary/aromatic N) is 7. The molecule has 0 amide bonds. The lowest BCUT2D eigenvalue weighted by atomic mass is 10.0. The first-order valence-corrected chi connectivity index (χ1v) is 11.5. The van der Waals surface area contributed by atoms with Crippen LogP contribution in [0.2, 0.25) is 0 Å². The van der Waals surface area contributed by atoms with E-state index in [-0.39, 0.29) is 23.8 Å². The largest absolute Gasteiger partial charge is 0.461 e. The van der Waals surface area contributed by atoms with Gasteiger partial charge in [0.15, 0.2) is 17.2 Å². The smallest absolute Gasteiger partial charge is 0.357 e. The molecule has 1 aliphatic rings. The van der Waals surface area contributed by atoms with Crippen LogP contribution in [0.5, 0.6) is 0 Å². The van der Waals surface area contributed by atoms with Gasteiger partial charge in [-0.25, -0.2) is 14.5 Å². The summed E-state index contributed by atoms with van der Waals surface area (Å²) in [6.45, 7) is 9.95. The molecule has 3 aromatic rings. The van der Waals surface area contributed by atoms with Crippen molar-refractivity contribution in [3.05, 3.63) is 39.9 Å². The molecule has 0 atom stereocenters. The van der Waals surface area contributed by atoms with Crippen LogP contribution in [0, 0.1) is 0 Å². The quantitative estimate of drug-likeness (QED) is 0.476. The molecule has 0 aromatic carbocycles. The van der Waals surface area contributed by atoms with Crippen molar-refractivity contribution in [1.29, 1.82) is 0 Å². The molecule has 0 spiro atoms. The Balaban J connectivity index is 1.92. The molecule has 182 valence electrons. The lowest BCUT2D eigenvalue weighted by molar-refractivity contribution is 0.0520. The van der Waals surface area contributed by atoms with Crippen LogP contribution in [-0.4, -0.2) is 82.0 Å². The zero-order valence-corrected chi connectivity index (χ0v) is 20.3. The Morgan fingerprint density at radius 2 is 1.88 bits per heavy atom. The van der Waals surface area contributed by atoms with Gasteiger partial charge in [-0.05, 0) is 25.0 Å². The third-order valence-corrected chi connectivity index (χ3v) is 5.86. The molecule has 11 heteroatoms. The molecule has 0 radical (unpaired) electrons. The zero-order chi connectivity index (χ0) is 24.4. The fourth-order valence-electron chi connectivity index (χ4n) is 4.15. The molecule has 4 rings (SSSR count). The van der Waals surface area contributed by atoms with Gasteiger partial charge >= 0.3 is 5.97 Å². The summed E-state index contributed by atoms with van der Waals surface area (Å²) >= 11 is 0. The number of aromatic nitrogens is 5. The van der Waals surface area contributed by atoms with E-state index in [9.17, 15) is 9.59 Å². The first-order chi connectivity index (χ1) is 16.3. The summed E-state index contributed by atoms with van der Waals surface area (Å²) in [5, 5.41) is 10.1. The first kappa shape index (κ1) is 23.8. The minimum atomic E-state index is -0.490. The van der Waals surface area contributed by atoms with Crippen LogP contribution in [0.15, 0.2) is 23.0 Å². The van der Waals surface area contributed by atoms with Crippen LogP contribution in [0.4, 0.5) is 5.69 Å². The summed E-state index contributed by atoms with van der Waals surface area (Å²) in [4.78, 5) is 33.8. The van der Waals surface area contributed by atoms with E-state index in [0.29, 0.717) is 18.2 Å². The van der Waals surface area contributed by atoms with Gasteiger partial charge in [0, 0.05) is 46.4 Å². The number of piperazine rings is 1. The highest BCUT2D eigenvalue weighted by Crippen LogP contribution is 2.35. The van der Waals surface area contributed by atoms with Crippen molar-refractivity contribution in [3.8, 4) is 5.82 Å². The van der Waals surface area contributed by atoms with Crippen molar-refractivity contribution in [1.82, 2.24) is 29.4 Å². The highest BCUT2D eigenvalue weighted by molar-refractivity contribution is 5.99. The molecular formula is C23H31N7O4. The molecule has 0 unspecified atom stereocenters. The second-order valence-electron chi connectivity index (χ2n) is 8.57. The van der Waals surface area contributed by atoms with Crippen molar-refractivity contribution < 1.29 is 14.3 Å². The molecule has 0 saturated carbocycles. The summed E-state index contributed by atoms with van der Waals surface area (Å²) in [6, 6.07) is 4.86. The van der Waals surface area contributed by atoms with E-state index in [4.69, 9.17) is 14.6 Å². The van der Waals surface area contributed by atoms with Gasteiger partial charge in [-0.1, -0.05) is 13.8 Å². The van der Waals surface area contributed by atoms with Gasteiger partial charge in [0.05, 0.1) is 30.1 Å². The highest BCUT2D eigenvalue weighted by Gasteiger charge is 2.27. The van der Waals surface area contributed by atoms with Gasteiger partial charge in [-0.15, -0.1) is 5.10 Å². The van der Waals surface area contributed by atoms with Crippen molar-refractivity contribution in [2.75, 3.05) is 51.5 Å². The third kappa shape index (κ3) is 4.53. The van der Waals surface area contributed by atoms with Gasteiger partial charge in [0.2, 0.25) is 0 Å². The summed E-state index contributed by atoms with van der Waals surface area (Å²) < 4.78 is 13.4. The highest BCUT2D eigenvalue weighted by atomic mass is 16.5. The molecule has 3 aromatic heterocycles. The number of anilines is 1. The predicted molar refractivity (Wildman–Crippen MR) is 128 cm³/mol. The predicted octanol–water partition coefficient (Wildman–Crippen LogP) is 1.54. The average molecular weight is 470 g/mol. The minimum absolute atomic E-state index is 0.0973. The average Bonchev–Trinajstić information content (AvgIpc) is 3.21. The fraction of sp³-hybridized carbons (Fsp3) is 0.522. The minimum Gasteiger partial charge on any atom is -0.461 e. The van der Waals surface area contributed by atoms with E-state index in [0.717, 1.165) is 42.9 Å². The maximum Gasteiger partial charge on any atom is 0.357 e. The van der Waals surface area contributed by atoms with Crippen molar-refractivity contribution in [3.63, 3.8) is 0 Å². The second kappa shape index (κ2) is 9.90. The number of carbonyl (C=O) groups is 1. The molecule has 4 heterocycles. The number of fused-ring (bicyclic) bond motifs is 1. The standard InChI is InChI=1S/C23H31N7O4/c1-6-34-23(32)16-13-17(29-11-9-28(10-12-29)14-33-5)20-21(15(2)3)26-30(22(20)24-16)18-7-8-19(31)27(4)25-18/h7-8,13,15H,6,9-12,14H2,1-5H3.